The number of hydrogen-bond donors (Lipinski definition) is 0. The first-order chi connectivity index (χ1) is 14.9. The van der Waals surface area contributed by atoms with Gasteiger partial charge in [-0.05, 0) is 49.6 Å². The minimum absolute atomic E-state index is 0.0713. The number of ether oxygens (including phenoxy) is 1. The highest BCUT2D eigenvalue weighted by molar-refractivity contribution is 8.00. The smallest absolute Gasteiger partial charge is 0.190 e. The van der Waals surface area contributed by atoms with Gasteiger partial charge in [0.1, 0.15) is 9.86 Å². The lowest BCUT2D eigenvalue weighted by Crippen LogP contribution is -2.33. The number of aromatic nitrogens is 2. The van der Waals surface area contributed by atoms with Crippen molar-refractivity contribution in [2.75, 3.05) is 11.5 Å². The first kappa shape index (κ1) is 23.1. The van der Waals surface area contributed by atoms with Crippen molar-refractivity contribution >= 4 is 62.5 Å². The normalized spacial score (nSPS) is 18.3. The molecule has 31 heavy (non-hydrogen) atoms. The van der Waals surface area contributed by atoms with Crippen molar-refractivity contribution in [3.05, 3.63) is 45.3 Å². The quantitative estimate of drug-likeness (QED) is 0.145. The maximum atomic E-state index is 12.8. The molecule has 0 spiro atoms. The van der Waals surface area contributed by atoms with Crippen LogP contribution >= 0.6 is 46.5 Å². The van der Waals surface area contributed by atoms with Crippen LogP contribution in [0.5, 0.6) is 0 Å². The summed E-state index contributed by atoms with van der Waals surface area (Å²) in [5.74, 6) is 1.38. The van der Waals surface area contributed by atoms with Crippen LogP contribution in [0.3, 0.4) is 0 Å². The van der Waals surface area contributed by atoms with Crippen LogP contribution < -0.4 is 0 Å². The number of carbonyl (C=O) groups is 1. The highest BCUT2D eigenvalue weighted by Gasteiger charge is 2.33. The molecule has 0 radical (unpaired) electrons. The number of hydrogen-bond acceptors (Lipinski definition) is 7. The Morgan fingerprint density at radius 3 is 2.71 bits per heavy atom. The summed E-state index contributed by atoms with van der Waals surface area (Å²) >= 11 is 10.8. The van der Waals surface area contributed by atoms with E-state index in [4.69, 9.17) is 26.3 Å². The number of fused-ring (bicyclic) bond motifs is 3. The van der Waals surface area contributed by atoms with Crippen molar-refractivity contribution in [3.8, 4) is 0 Å². The summed E-state index contributed by atoms with van der Waals surface area (Å²) in [6.07, 6.45) is 2.86. The molecule has 0 fully saturated rings. The zero-order chi connectivity index (χ0) is 22.0. The third-order valence-corrected chi connectivity index (χ3v) is 8.85. The van der Waals surface area contributed by atoms with Crippen LogP contribution in [0.4, 0.5) is 0 Å². The average molecular weight is 493 g/mol. The van der Waals surface area contributed by atoms with Crippen molar-refractivity contribution in [2.45, 2.75) is 62.4 Å². The van der Waals surface area contributed by atoms with Gasteiger partial charge in [0, 0.05) is 33.0 Å². The second-order valence-corrected chi connectivity index (χ2v) is 11.4. The van der Waals surface area contributed by atoms with Gasteiger partial charge in [0.25, 0.3) is 0 Å². The Morgan fingerprint density at radius 1 is 1.23 bits per heavy atom. The van der Waals surface area contributed by atoms with Crippen LogP contribution in [0.1, 0.15) is 54.4 Å². The predicted molar refractivity (Wildman–Crippen MR) is 132 cm³/mol. The lowest BCUT2D eigenvalue weighted by atomic mass is 9.90. The van der Waals surface area contributed by atoms with E-state index in [1.54, 1.807) is 47.4 Å². The fourth-order valence-corrected chi connectivity index (χ4v) is 6.52. The molecule has 164 valence electrons. The van der Waals surface area contributed by atoms with Crippen molar-refractivity contribution in [2.24, 2.45) is 0 Å². The summed E-state index contributed by atoms with van der Waals surface area (Å²) in [7, 11) is 0. The molecule has 1 aliphatic heterocycles. The Kier molecular flexibility index (Phi) is 7.28. The molecule has 1 aliphatic rings. The Labute approximate surface area is 200 Å². The first-order valence-electron chi connectivity index (χ1n) is 10.4. The standard InChI is InChI=1S/C23H25ClN2O2S3/c1-4-10-29-22-25-20(30-13-17(27)14-6-8-15(24)9-7-14)19-16-11-23(3,5-2)28-12-18(16)31-21(19)26-22/h6-9H,4-5,10-13H2,1-3H3/t23-/m1/s1. The third-order valence-electron chi connectivity index (χ3n) is 5.47. The van der Waals surface area contributed by atoms with Crippen LogP contribution in [0, 0.1) is 0 Å². The van der Waals surface area contributed by atoms with E-state index in [2.05, 4.69) is 20.8 Å². The van der Waals surface area contributed by atoms with Gasteiger partial charge in [0.2, 0.25) is 0 Å². The van der Waals surface area contributed by atoms with Gasteiger partial charge in [0.15, 0.2) is 10.9 Å². The zero-order valence-corrected chi connectivity index (χ0v) is 21.1. The zero-order valence-electron chi connectivity index (χ0n) is 17.9. The number of Topliss-reactive ketones (excluding diaryl/α,β-unsaturated/α-hetero) is 1. The maximum Gasteiger partial charge on any atom is 0.190 e. The average Bonchev–Trinajstić information content (AvgIpc) is 3.13. The summed E-state index contributed by atoms with van der Waals surface area (Å²) < 4.78 is 6.16. The Bertz CT molecular complexity index is 1100. The lowest BCUT2D eigenvalue weighted by molar-refractivity contribution is -0.0543. The van der Waals surface area contributed by atoms with E-state index in [-0.39, 0.29) is 11.4 Å². The summed E-state index contributed by atoms with van der Waals surface area (Å²) in [5, 5.41) is 3.43. The molecule has 0 aliphatic carbocycles. The van der Waals surface area contributed by atoms with Crippen LogP contribution in [0.2, 0.25) is 5.02 Å². The number of thiophene rings is 1. The summed E-state index contributed by atoms with van der Waals surface area (Å²) in [5.41, 5.74) is 1.80. The number of rotatable bonds is 8. The molecule has 0 amide bonds. The van der Waals surface area contributed by atoms with E-state index in [1.165, 1.54) is 22.2 Å². The molecule has 3 heterocycles. The van der Waals surface area contributed by atoms with Crippen molar-refractivity contribution in [3.63, 3.8) is 0 Å². The maximum absolute atomic E-state index is 12.8. The number of thioether (sulfide) groups is 2. The largest absolute Gasteiger partial charge is 0.369 e. The Hall–Kier alpha value is -1.12. The summed E-state index contributed by atoms with van der Waals surface area (Å²) in [6.45, 7) is 7.10. The number of carbonyl (C=O) groups excluding carboxylic acids is 1. The topological polar surface area (TPSA) is 52.1 Å². The van der Waals surface area contributed by atoms with Crippen molar-refractivity contribution in [1.29, 1.82) is 0 Å². The number of benzene rings is 1. The van der Waals surface area contributed by atoms with Gasteiger partial charge in [-0.1, -0.05) is 49.0 Å². The number of nitrogens with zero attached hydrogens (tertiary/aromatic N) is 2. The van der Waals surface area contributed by atoms with Gasteiger partial charge in [-0.3, -0.25) is 4.79 Å². The molecule has 1 atom stereocenters. The Morgan fingerprint density at radius 2 is 2.00 bits per heavy atom. The van der Waals surface area contributed by atoms with Crippen molar-refractivity contribution in [1.82, 2.24) is 9.97 Å². The molecular weight excluding hydrogens is 468 g/mol. The monoisotopic (exact) mass is 492 g/mol. The van der Waals surface area contributed by atoms with Crippen LogP contribution in [-0.2, 0) is 17.8 Å². The van der Waals surface area contributed by atoms with E-state index >= 15 is 0 Å². The number of halogens is 1. The fraction of sp³-hybridized carbons (Fsp3) is 0.435. The molecule has 0 unspecified atom stereocenters. The summed E-state index contributed by atoms with van der Waals surface area (Å²) in [6, 6.07) is 7.06. The van der Waals surface area contributed by atoms with Crippen molar-refractivity contribution < 1.29 is 9.53 Å². The van der Waals surface area contributed by atoms with Gasteiger partial charge in [-0.25, -0.2) is 9.97 Å². The van der Waals surface area contributed by atoms with E-state index in [1.807, 2.05) is 0 Å². The van der Waals surface area contributed by atoms with Gasteiger partial charge in [-0.2, -0.15) is 0 Å². The third kappa shape index (κ3) is 5.11. The summed E-state index contributed by atoms with van der Waals surface area (Å²) in [4.78, 5) is 24.7. The van der Waals surface area contributed by atoms with E-state index in [0.717, 1.165) is 45.4 Å². The van der Waals surface area contributed by atoms with Crippen LogP contribution in [0.25, 0.3) is 10.2 Å². The molecule has 4 rings (SSSR count). The molecule has 0 N–H and O–H groups in total. The van der Waals surface area contributed by atoms with Gasteiger partial charge in [0.05, 0.1) is 18.0 Å². The van der Waals surface area contributed by atoms with E-state index in [9.17, 15) is 4.79 Å². The van der Waals surface area contributed by atoms with Gasteiger partial charge in [-0.15, -0.1) is 11.3 Å². The molecular formula is C23H25ClN2O2S3. The molecule has 0 bridgehead atoms. The fourth-order valence-electron chi connectivity index (χ4n) is 3.46. The van der Waals surface area contributed by atoms with E-state index in [0.29, 0.717) is 22.9 Å². The molecule has 8 heteroatoms. The lowest BCUT2D eigenvalue weighted by Gasteiger charge is -2.33. The van der Waals surface area contributed by atoms with Gasteiger partial charge < -0.3 is 4.74 Å². The highest BCUT2D eigenvalue weighted by atomic mass is 35.5. The minimum atomic E-state index is -0.169. The molecule has 0 saturated carbocycles. The van der Waals surface area contributed by atoms with Crippen LogP contribution in [-0.4, -0.2) is 32.9 Å². The second kappa shape index (κ2) is 9.79. The molecule has 2 aromatic heterocycles. The van der Waals surface area contributed by atoms with E-state index < -0.39 is 0 Å². The Balaban J connectivity index is 1.68. The second-order valence-electron chi connectivity index (χ2n) is 7.83. The number of ketones is 1. The van der Waals surface area contributed by atoms with Crippen LogP contribution in [0.15, 0.2) is 34.4 Å². The minimum Gasteiger partial charge on any atom is -0.369 e. The molecule has 4 nitrogen and oxygen atoms in total. The molecule has 0 saturated heterocycles. The first-order valence-corrected chi connectivity index (χ1v) is 13.6. The molecule has 3 aromatic rings. The predicted octanol–water partition coefficient (Wildman–Crippen LogP) is 7.06. The SMILES string of the molecule is CCCSc1nc(SCC(=O)c2ccc(Cl)cc2)c2c3c(sc2n1)CO[C@](C)(CC)C3. The molecule has 1 aromatic carbocycles. The van der Waals surface area contributed by atoms with Gasteiger partial charge >= 0.3 is 0 Å². The highest BCUT2D eigenvalue weighted by Crippen LogP contribution is 2.43.